The van der Waals surface area contributed by atoms with E-state index in [-0.39, 0.29) is 0 Å². The number of aromatic nitrogens is 3. The maximum absolute atomic E-state index is 4.66. The first kappa shape index (κ1) is 14.9. The number of hydrogen-bond acceptors (Lipinski definition) is 3. The zero-order chi connectivity index (χ0) is 16.4. The van der Waals surface area contributed by atoms with E-state index in [2.05, 4.69) is 47.9 Å². The number of anilines is 2. The Morgan fingerprint density at radius 1 is 0.958 bits per heavy atom. The fraction of sp³-hybridized carbons (Fsp3) is 0.0526. The Bertz CT molecular complexity index is 979. The SMILES string of the molecule is Brc1cccc(Nc2nc3ncccc3n2Cc2ccccc2)c1. The summed E-state index contributed by atoms with van der Waals surface area (Å²) in [5.74, 6) is 0.783. The van der Waals surface area contributed by atoms with Crippen molar-refractivity contribution in [3.63, 3.8) is 0 Å². The highest BCUT2D eigenvalue weighted by Crippen LogP contribution is 2.24. The molecular formula is C19H15BrN4. The molecule has 0 aliphatic rings. The lowest BCUT2D eigenvalue weighted by atomic mass is 10.2. The van der Waals surface area contributed by atoms with E-state index in [1.54, 1.807) is 6.20 Å². The van der Waals surface area contributed by atoms with Gasteiger partial charge in [0.15, 0.2) is 5.65 Å². The Labute approximate surface area is 148 Å². The molecule has 2 heterocycles. The summed E-state index contributed by atoms with van der Waals surface area (Å²) < 4.78 is 3.18. The van der Waals surface area contributed by atoms with Crippen LogP contribution in [0, 0.1) is 0 Å². The van der Waals surface area contributed by atoms with Crippen LogP contribution >= 0.6 is 15.9 Å². The van der Waals surface area contributed by atoms with Gasteiger partial charge in [0.1, 0.15) is 0 Å². The summed E-state index contributed by atoms with van der Waals surface area (Å²) in [4.78, 5) is 9.04. The van der Waals surface area contributed by atoms with E-state index in [1.165, 1.54) is 5.56 Å². The van der Waals surface area contributed by atoms with Crippen LogP contribution in [-0.4, -0.2) is 14.5 Å². The number of nitrogens with zero attached hydrogens (tertiary/aromatic N) is 3. The van der Waals surface area contributed by atoms with Crippen molar-refractivity contribution < 1.29 is 0 Å². The molecule has 0 bridgehead atoms. The van der Waals surface area contributed by atoms with Gasteiger partial charge in [-0.3, -0.25) is 0 Å². The summed E-state index contributed by atoms with van der Waals surface area (Å²) in [5.41, 5.74) is 3.96. The molecular weight excluding hydrogens is 364 g/mol. The Balaban J connectivity index is 1.78. The van der Waals surface area contributed by atoms with Crippen molar-refractivity contribution in [2.45, 2.75) is 6.54 Å². The summed E-state index contributed by atoms with van der Waals surface area (Å²) >= 11 is 3.50. The minimum absolute atomic E-state index is 0.735. The number of imidazole rings is 1. The topological polar surface area (TPSA) is 42.7 Å². The number of halogens is 1. The number of benzene rings is 2. The molecule has 0 saturated heterocycles. The van der Waals surface area contributed by atoms with Crippen molar-refractivity contribution >= 4 is 38.7 Å². The van der Waals surface area contributed by atoms with Crippen LogP contribution in [0.25, 0.3) is 11.2 Å². The van der Waals surface area contributed by atoms with Crippen LogP contribution in [0.5, 0.6) is 0 Å². The molecule has 2 aromatic carbocycles. The fourth-order valence-electron chi connectivity index (χ4n) is 2.68. The van der Waals surface area contributed by atoms with Gasteiger partial charge >= 0.3 is 0 Å². The van der Waals surface area contributed by atoms with Crippen LogP contribution in [0.2, 0.25) is 0 Å². The molecule has 1 N–H and O–H groups in total. The number of rotatable bonds is 4. The van der Waals surface area contributed by atoms with Gasteiger partial charge in [0.25, 0.3) is 0 Å². The van der Waals surface area contributed by atoms with E-state index in [1.807, 2.05) is 54.6 Å². The Morgan fingerprint density at radius 2 is 1.83 bits per heavy atom. The number of pyridine rings is 1. The standard InChI is InChI=1S/C19H15BrN4/c20-15-8-4-9-16(12-15)22-19-23-18-17(10-5-11-21-18)24(19)13-14-6-2-1-3-7-14/h1-12H,13H2,(H,21,22,23). The quantitative estimate of drug-likeness (QED) is 0.544. The molecule has 0 fully saturated rings. The Morgan fingerprint density at radius 3 is 2.67 bits per heavy atom. The molecule has 5 heteroatoms. The summed E-state index contributed by atoms with van der Waals surface area (Å²) in [6.45, 7) is 0.735. The average Bonchev–Trinajstić information content (AvgIpc) is 2.93. The minimum atomic E-state index is 0.735. The van der Waals surface area contributed by atoms with Crippen LogP contribution in [0.3, 0.4) is 0 Å². The van der Waals surface area contributed by atoms with Crippen molar-refractivity contribution in [2.75, 3.05) is 5.32 Å². The van der Waals surface area contributed by atoms with Crippen molar-refractivity contribution in [1.29, 1.82) is 0 Å². The number of hydrogen-bond donors (Lipinski definition) is 1. The average molecular weight is 379 g/mol. The lowest BCUT2D eigenvalue weighted by molar-refractivity contribution is 0.835. The maximum atomic E-state index is 4.66. The monoisotopic (exact) mass is 378 g/mol. The van der Waals surface area contributed by atoms with Gasteiger partial charge < -0.3 is 9.88 Å². The van der Waals surface area contributed by atoms with Gasteiger partial charge in [-0.2, -0.15) is 4.98 Å². The molecule has 0 saturated carbocycles. The van der Waals surface area contributed by atoms with Gasteiger partial charge in [-0.25, -0.2) is 4.98 Å². The Kier molecular flexibility index (Phi) is 4.01. The summed E-state index contributed by atoms with van der Waals surface area (Å²) in [7, 11) is 0. The van der Waals surface area contributed by atoms with Gasteiger partial charge in [0.05, 0.1) is 12.1 Å². The molecule has 0 aliphatic carbocycles. The normalized spacial score (nSPS) is 10.9. The molecule has 0 amide bonds. The molecule has 0 unspecified atom stereocenters. The van der Waals surface area contributed by atoms with Crippen molar-refractivity contribution in [3.8, 4) is 0 Å². The van der Waals surface area contributed by atoms with E-state index < -0.39 is 0 Å². The van der Waals surface area contributed by atoms with Crippen molar-refractivity contribution in [1.82, 2.24) is 14.5 Å². The highest BCUT2D eigenvalue weighted by molar-refractivity contribution is 9.10. The van der Waals surface area contributed by atoms with E-state index in [0.29, 0.717) is 0 Å². The number of nitrogens with one attached hydrogen (secondary N) is 1. The molecule has 4 nitrogen and oxygen atoms in total. The molecule has 118 valence electrons. The van der Waals surface area contributed by atoms with Gasteiger partial charge in [0.2, 0.25) is 5.95 Å². The van der Waals surface area contributed by atoms with E-state index >= 15 is 0 Å². The molecule has 0 radical (unpaired) electrons. The zero-order valence-corrected chi connectivity index (χ0v) is 14.4. The van der Waals surface area contributed by atoms with Gasteiger partial charge in [0, 0.05) is 16.4 Å². The first-order valence-corrected chi connectivity index (χ1v) is 8.47. The van der Waals surface area contributed by atoms with Gasteiger partial charge in [-0.15, -0.1) is 0 Å². The van der Waals surface area contributed by atoms with Crippen LogP contribution in [0.1, 0.15) is 5.56 Å². The zero-order valence-electron chi connectivity index (χ0n) is 12.9. The molecule has 4 rings (SSSR count). The van der Waals surface area contributed by atoms with Crippen molar-refractivity contribution in [3.05, 3.63) is 83.0 Å². The lowest BCUT2D eigenvalue weighted by Gasteiger charge is -2.11. The Hall–Kier alpha value is -2.66. The van der Waals surface area contributed by atoms with Crippen LogP contribution < -0.4 is 5.32 Å². The molecule has 4 aromatic rings. The van der Waals surface area contributed by atoms with Gasteiger partial charge in [-0.05, 0) is 35.9 Å². The predicted octanol–water partition coefficient (Wildman–Crippen LogP) is 4.99. The molecule has 0 spiro atoms. The van der Waals surface area contributed by atoms with Crippen LogP contribution in [-0.2, 0) is 6.54 Å². The smallest absolute Gasteiger partial charge is 0.210 e. The third-order valence-electron chi connectivity index (χ3n) is 3.79. The molecule has 0 atom stereocenters. The fourth-order valence-corrected chi connectivity index (χ4v) is 3.08. The van der Waals surface area contributed by atoms with Crippen LogP contribution in [0.4, 0.5) is 11.6 Å². The van der Waals surface area contributed by atoms with Gasteiger partial charge in [-0.1, -0.05) is 52.3 Å². The highest BCUT2D eigenvalue weighted by Gasteiger charge is 2.12. The summed E-state index contributed by atoms with van der Waals surface area (Å²) in [5, 5.41) is 3.40. The first-order valence-electron chi connectivity index (χ1n) is 7.67. The molecule has 0 aliphatic heterocycles. The van der Waals surface area contributed by atoms with E-state index in [0.717, 1.165) is 33.8 Å². The second-order valence-corrected chi connectivity index (χ2v) is 6.40. The van der Waals surface area contributed by atoms with Crippen molar-refractivity contribution in [2.24, 2.45) is 0 Å². The minimum Gasteiger partial charge on any atom is -0.325 e. The maximum Gasteiger partial charge on any atom is 0.210 e. The lowest BCUT2D eigenvalue weighted by Crippen LogP contribution is -2.05. The summed E-state index contributed by atoms with van der Waals surface area (Å²) in [6, 6.07) is 22.4. The largest absolute Gasteiger partial charge is 0.325 e. The second kappa shape index (κ2) is 6.45. The summed E-state index contributed by atoms with van der Waals surface area (Å²) in [6.07, 6.45) is 1.77. The first-order chi connectivity index (χ1) is 11.8. The number of fused-ring (bicyclic) bond motifs is 1. The molecule has 2 aromatic heterocycles. The van der Waals surface area contributed by atoms with E-state index in [9.17, 15) is 0 Å². The third kappa shape index (κ3) is 3.03. The predicted molar refractivity (Wildman–Crippen MR) is 100 cm³/mol. The molecule has 24 heavy (non-hydrogen) atoms. The third-order valence-corrected chi connectivity index (χ3v) is 4.28. The van der Waals surface area contributed by atoms with E-state index in [4.69, 9.17) is 0 Å². The second-order valence-electron chi connectivity index (χ2n) is 5.49. The van der Waals surface area contributed by atoms with Crippen LogP contribution in [0.15, 0.2) is 77.4 Å². The highest BCUT2D eigenvalue weighted by atomic mass is 79.9.